The summed E-state index contributed by atoms with van der Waals surface area (Å²) in [5, 5.41) is 8.55. The van der Waals surface area contributed by atoms with Gasteiger partial charge in [0.15, 0.2) is 5.79 Å². The van der Waals surface area contributed by atoms with Gasteiger partial charge in [-0.25, -0.2) is 0 Å². The minimum Gasteiger partial charge on any atom is -0.481 e. The van der Waals surface area contributed by atoms with Crippen LogP contribution in [0.3, 0.4) is 0 Å². The molecule has 0 radical (unpaired) electrons. The van der Waals surface area contributed by atoms with Crippen molar-refractivity contribution in [3.63, 3.8) is 0 Å². The first-order valence-electron chi connectivity index (χ1n) is 3.52. The van der Waals surface area contributed by atoms with Gasteiger partial charge in [-0.05, 0) is 13.8 Å². The fraction of sp³-hybridized carbons (Fsp3) is 0.857. The van der Waals surface area contributed by atoms with Crippen LogP contribution in [0.5, 0.6) is 0 Å². The monoisotopic (exact) mass is 160 g/mol. The largest absolute Gasteiger partial charge is 0.481 e. The van der Waals surface area contributed by atoms with Gasteiger partial charge in [0.2, 0.25) is 0 Å². The van der Waals surface area contributed by atoms with Crippen molar-refractivity contribution in [1.82, 2.24) is 0 Å². The molecular formula is C7H12O4. The van der Waals surface area contributed by atoms with Gasteiger partial charge < -0.3 is 14.6 Å². The molecule has 1 heterocycles. The Hall–Kier alpha value is -0.610. The Kier molecular flexibility index (Phi) is 2.15. The minimum atomic E-state index is -0.861. The molecule has 1 N–H and O–H groups in total. The van der Waals surface area contributed by atoms with Crippen LogP contribution in [0.2, 0.25) is 0 Å². The topological polar surface area (TPSA) is 55.8 Å². The molecule has 0 aromatic heterocycles. The van der Waals surface area contributed by atoms with E-state index in [4.69, 9.17) is 14.6 Å². The first-order chi connectivity index (χ1) is 5.01. The highest BCUT2D eigenvalue weighted by Gasteiger charge is 2.31. The maximum atomic E-state index is 10.4. The average Bonchev–Trinajstić information content (AvgIpc) is 1.86. The van der Waals surface area contributed by atoms with Gasteiger partial charge in [0.1, 0.15) is 5.92 Å². The molecule has 1 aliphatic rings. The van der Waals surface area contributed by atoms with Gasteiger partial charge in [0, 0.05) is 0 Å². The number of hydrogen-bond acceptors (Lipinski definition) is 3. The molecule has 64 valence electrons. The molecule has 1 saturated heterocycles. The van der Waals surface area contributed by atoms with Crippen LogP contribution >= 0.6 is 0 Å². The van der Waals surface area contributed by atoms with Crippen LogP contribution in [0, 0.1) is 5.92 Å². The summed E-state index contributed by atoms with van der Waals surface area (Å²) < 4.78 is 10.3. The van der Waals surface area contributed by atoms with Crippen molar-refractivity contribution in [2.75, 3.05) is 13.2 Å². The summed E-state index contributed by atoms with van der Waals surface area (Å²) in [6.45, 7) is 4.01. The summed E-state index contributed by atoms with van der Waals surface area (Å²) in [7, 11) is 0. The predicted octanol–water partition coefficient (Wildman–Crippen LogP) is 0.470. The summed E-state index contributed by atoms with van der Waals surface area (Å²) >= 11 is 0. The maximum absolute atomic E-state index is 10.4. The Labute approximate surface area is 65.1 Å². The number of rotatable bonds is 1. The quantitative estimate of drug-likeness (QED) is 0.605. The van der Waals surface area contributed by atoms with Crippen molar-refractivity contribution >= 4 is 5.97 Å². The van der Waals surface area contributed by atoms with Crippen LogP contribution in [0.25, 0.3) is 0 Å². The Morgan fingerprint density at radius 2 is 1.91 bits per heavy atom. The van der Waals surface area contributed by atoms with E-state index in [-0.39, 0.29) is 13.2 Å². The molecule has 0 saturated carbocycles. The summed E-state index contributed by atoms with van der Waals surface area (Å²) in [6, 6.07) is 0. The van der Waals surface area contributed by atoms with Gasteiger partial charge in [-0.15, -0.1) is 0 Å². The number of ether oxygens (including phenoxy) is 2. The molecule has 1 aliphatic heterocycles. The van der Waals surface area contributed by atoms with Crippen LogP contribution in [-0.2, 0) is 14.3 Å². The number of carboxylic acid groups (broad SMARTS) is 1. The van der Waals surface area contributed by atoms with Gasteiger partial charge in [-0.2, -0.15) is 0 Å². The highest BCUT2D eigenvalue weighted by molar-refractivity contribution is 5.70. The van der Waals surface area contributed by atoms with Crippen molar-refractivity contribution in [1.29, 1.82) is 0 Å². The number of carboxylic acids is 1. The van der Waals surface area contributed by atoms with Gasteiger partial charge >= 0.3 is 5.97 Å². The van der Waals surface area contributed by atoms with Crippen LogP contribution in [0.15, 0.2) is 0 Å². The zero-order chi connectivity index (χ0) is 8.48. The molecule has 0 bridgehead atoms. The highest BCUT2D eigenvalue weighted by atomic mass is 16.7. The van der Waals surface area contributed by atoms with Gasteiger partial charge in [-0.1, -0.05) is 0 Å². The molecular weight excluding hydrogens is 148 g/mol. The Bertz CT molecular complexity index is 154. The Morgan fingerprint density at radius 3 is 2.27 bits per heavy atom. The second-order valence-corrected chi connectivity index (χ2v) is 3.06. The van der Waals surface area contributed by atoms with E-state index in [1.165, 1.54) is 0 Å². The van der Waals surface area contributed by atoms with E-state index in [0.717, 1.165) is 0 Å². The predicted molar refractivity (Wildman–Crippen MR) is 37.1 cm³/mol. The van der Waals surface area contributed by atoms with E-state index < -0.39 is 17.7 Å². The van der Waals surface area contributed by atoms with Crippen LogP contribution in [0.1, 0.15) is 13.8 Å². The minimum absolute atomic E-state index is 0.238. The zero-order valence-electron chi connectivity index (χ0n) is 6.66. The van der Waals surface area contributed by atoms with Crippen LogP contribution < -0.4 is 0 Å². The first kappa shape index (κ1) is 8.49. The summed E-state index contributed by atoms with van der Waals surface area (Å²) in [4.78, 5) is 10.4. The van der Waals surface area contributed by atoms with Crippen LogP contribution in [0.4, 0.5) is 0 Å². The molecule has 0 aromatic rings. The van der Waals surface area contributed by atoms with Gasteiger partial charge in [0.05, 0.1) is 13.2 Å². The number of aliphatic carboxylic acids is 1. The van der Waals surface area contributed by atoms with Crippen LogP contribution in [-0.4, -0.2) is 30.1 Å². The van der Waals surface area contributed by atoms with Crippen molar-refractivity contribution in [3.8, 4) is 0 Å². The third-order valence-corrected chi connectivity index (χ3v) is 1.61. The van der Waals surface area contributed by atoms with E-state index in [9.17, 15) is 4.79 Å². The standard InChI is InChI=1S/C7H12O4/c1-7(2)10-3-5(4-11-7)6(8)9/h5H,3-4H2,1-2H3,(H,8,9). The Balaban J connectivity index is 2.42. The molecule has 1 rings (SSSR count). The van der Waals surface area contributed by atoms with Gasteiger partial charge in [0.25, 0.3) is 0 Å². The molecule has 0 aromatic carbocycles. The fourth-order valence-electron chi connectivity index (χ4n) is 0.835. The number of carbonyl (C=O) groups is 1. The summed E-state index contributed by atoms with van der Waals surface area (Å²) in [6.07, 6.45) is 0. The molecule has 0 aliphatic carbocycles. The average molecular weight is 160 g/mol. The maximum Gasteiger partial charge on any atom is 0.311 e. The normalized spacial score (nSPS) is 24.9. The summed E-state index contributed by atoms with van der Waals surface area (Å²) in [5.74, 6) is -1.99. The number of hydrogen-bond donors (Lipinski definition) is 1. The lowest BCUT2D eigenvalue weighted by Gasteiger charge is -2.33. The van der Waals surface area contributed by atoms with E-state index in [0.29, 0.717) is 0 Å². The summed E-state index contributed by atoms with van der Waals surface area (Å²) in [5.41, 5.74) is 0. The van der Waals surface area contributed by atoms with E-state index >= 15 is 0 Å². The van der Waals surface area contributed by atoms with Crippen molar-refractivity contribution in [2.24, 2.45) is 5.92 Å². The molecule has 0 unspecified atom stereocenters. The molecule has 11 heavy (non-hydrogen) atoms. The SMILES string of the molecule is CC1(C)OCC(C(=O)O)CO1. The third kappa shape index (κ3) is 2.17. The molecule has 0 atom stereocenters. The fourth-order valence-corrected chi connectivity index (χ4v) is 0.835. The van der Waals surface area contributed by atoms with Crippen molar-refractivity contribution in [2.45, 2.75) is 19.6 Å². The lowest BCUT2D eigenvalue weighted by Crippen LogP contribution is -2.41. The van der Waals surface area contributed by atoms with Crippen molar-refractivity contribution < 1.29 is 19.4 Å². The van der Waals surface area contributed by atoms with Crippen molar-refractivity contribution in [3.05, 3.63) is 0 Å². The highest BCUT2D eigenvalue weighted by Crippen LogP contribution is 2.20. The molecule has 4 heteroatoms. The lowest BCUT2D eigenvalue weighted by molar-refractivity contribution is -0.261. The molecule has 0 spiro atoms. The lowest BCUT2D eigenvalue weighted by atomic mass is 10.1. The van der Waals surface area contributed by atoms with Gasteiger partial charge in [-0.3, -0.25) is 4.79 Å². The smallest absolute Gasteiger partial charge is 0.311 e. The zero-order valence-corrected chi connectivity index (χ0v) is 6.66. The Morgan fingerprint density at radius 1 is 1.45 bits per heavy atom. The molecule has 0 amide bonds. The van der Waals surface area contributed by atoms with E-state index in [1.807, 2.05) is 0 Å². The second-order valence-electron chi connectivity index (χ2n) is 3.06. The molecule has 4 nitrogen and oxygen atoms in total. The molecule has 1 fully saturated rings. The van der Waals surface area contributed by atoms with E-state index in [1.54, 1.807) is 13.8 Å². The second kappa shape index (κ2) is 2.79. The van der Waals surface area contributed by atoms with E-state index in [2.05, 4.69) is 0 Å². The third-order valence-electron chi connectivity index (χ3n) is 1.61. The first-order valence-corrected chi connectivity index (χ1v) is 3.52.